The van der Waals surface area contributed by atoms with Gasteiger partial charge in [-0.15, -0.1) is 0 Å². The smallest absolute Gasteiger partial charge is 0.0533 e. The first-order valence-corrected chi connectivity index (χ1v) is 13.1. The number of hydrogen-bond acceptors (Lipinski definition) is 4. The second-order valence-corrected chi connectivity index (χ2v) is 8.64. The van der Waals surface area contributed by atoms with E-state index in [-0.39, 0.29) is 5.78 Å². The Labute approximate surface area is 178 Å². The van der Waals surface area contributed by atoms with Crippen LogP contribution in [0.4, 0.5) is 3.55 Å². The van der Waals surface area contributed by atoms with E-state index in [1.165, 1.54) is 57.8 Å². The first-order valence-electron chi connectivity index (χ1n) is 10.5. The van der Waals surface area contributed by atoms with Crippen molar-refractivity contribution in [1.29, 1.82) is 0 Å². The fourth-order valence-corrected chi connectivity index (χ4v) is 4.18. The number of halogens is 1. The average molecular weight is 468 g/mol. The molecule has 1 heterocycles. The van der Waals surface area contributed by atoms with Gasteiger partial charge in [0, 0.05) is 0 Å². The van der Waals surface area contributed by atoms with Gasteiger partial charge in [0.15, 0.2) is 0 Å². The zero-order chi connectivity index (χ0) is 20.9. The van der Waals surface area contributed by atoms with Crippen LogP contribution in [0.5, 0.6) is 0 Å². The van der Waals surface area contributed by atoms with Gasteiger partial charge in [0.1, 0.15) is 5.78 Å². The van der Waals surface area contributed by atoms with Crippen LogP contribution < -0.4 is 0 Å². The van der Waals surface area contributed by atoms with Crippen LogP contribution in [-0.2, 0) is 11.2 Å². The Morgan fingerprint density at radius 1 is 1.00 bits per heavy atom. The predicted molar refractivity (Wildman–Crippen MR) is 118 cm³/mol. The van der Waals surface area contributed by atoms with Crippen molar-refractivity contribution in [2.24, 2.45) is 5.92 Å². The first kappa shape index (κ1) is 28.9. The molecule has 0 saturated carbocycles. The largest absolute Gasteiger partial charge is 0.0654 e. The summed E-state index contributed by atoms with van der Waals surface area (Å²) in [5, 5.41) is 0.842. The van der Waals surface area contributed by atoms with E-state index in [1.807, 2.05) is 6.92 Å². The molecule has 3 nitrogen and oxygen atoms in total. The van der Waals surface area contributed by atoms with Gasteiger partial charge in [0.2, 0.25) is 0 Å². The molecule has 0 aliphatic heterocycles. The Morgan fingerprint density at radius 3 is 1.89 bits per heavy atom. The zero-order valence-corrected chi connectivity index (χ0v) is 20.9. The van der Waals surface area contributed by atoms with Crippen LogP contribution in [0, 0.1) is 12.8 Å². The molecule has 6 heteroatoms. The maximum Gasteiger partial charge on any atom is -0.0533 e. The molecular formula is C21H41FN2OSSe. The SMILES string of the molecule is CC(=O)Cc1nsnc1C.CCCC(CCC)C[Se]F.CCCCCCC. The molecule has 27 heavy (non-hydrogen) atoms. The van der Waals surface area contributed by atoms with Gasteiger partial charge in [0.05, 0.1) is 29.5 Å². The van der Waals surface area contributed by atoms with E-state index in [4.69, 9.17) is 0 Å². The summed E-state index contributed by atoms with van der Waals surface area (Å²) < 4.78 is 19.9. The summed E-state index contributed by atoms with van der Waals surface area (Å²) >= 11 is 0.554. The molecule has 0 fully saturated rings. The van der Waals surface area contributed by atoms with Gasteiger partial charge in [-0.3, -0.25) is 4.79 Å². The first-order chi connectivity index (χ1) is 13.0. The van der Waals surface area contributed by atoms with Crippen LogP contribution in [0.2, 0.25) is 5.32 Å². The standard InChI is InChI=1S/C8H17FSe.C7H16.C6H8N2OS/c1-3-5-8(6-4-2)7-10-9;1-3-5-7-6-4-2;1-4(9)3-6-5(2)7-10-8-6/h8H,3-7H2,1-2H3;3-7H2,1-2H3;3H2,1-2H3. The van der Waals surface area contributed by atoms with Crippen molar-refractivity contribution in [3.63, 3.8) is 0 Å². The van der Waals surface area contributed by atoms with Crippen LogP contribution in [-0.4, -0.2) is 29.9 Å². The van der Waals surface area contributed by atoms with Gasteiger partial charge in [-0.1, -0.05) is 46.0 Å². The maximum atomic E-state index is 12.0. The number of rotatable bonds is 12. The van der Waals surface area contributed by atoms with Crippen LogP contribution in [0.3, 0.4) is 0 Å². The van der Waals surface area contributed by atoms with Crippen molar-refractivity contribution >= 4 is 32.9 Å². The molecular weight excluding hydrogens is 426 g/mol. The molecule has 0 bridgehead atoms. The fraction of sp³-hybridized carbons (Fsp3) is 0.857. The van der Waals surface area contributed by atoms with E-state index < -0.39 is 15.4 Å². The number of carbonyl (C=O) groups excluding carboxylic acids is 1. The van der Waals surface area contributed by atoms with Crippen molar-refractivity contribution in [1.82, 2.24) is 8.75 Å². The predicted octanol–water partition coefficient (Wildman–Crippen LogP) is 7.16. The minimum absolute atomic E-state index is 0.135. The molecule has 0 aliphatic rings. The molecule has 160 valence electrons. The summed E-state index contributed by atoms with van der Waals surface area (Å²) in [5.74, 6) is 0.816. The number of Topliss-reactive ketones (excluding diaryl/α,β-unsaturated/α-hetero) is 1. The summed E-state index contributed by atoms with van der Waals surface area (Å²) in [4.78, 5) is 10.6. The zero-order valence-electron chi connectivity index (χ0n) is 18.4. The Balaban J connectivity index is 0. The summed E-state index contributed by atoms with van der Waals surface area (Å²) in [6, 6.07) is 0. The van der Waals surface area contributed by atoms with Gasteiger partial charge < -0.3 is 0 Å². The third-order valence-corrected chi connectivity index (χ3v) is 5.97. The molecule has 1 rings (SSSR count). The Hall–Kier alpha value is -0.321. The Bertz CT molecular complexity index is 425. The normalized spacial score (nSPS) is 10.1. The summed E-state index contributed by atoms with van der Waals surface area (Å²) in [5.41, 5.74) is 1.69. The molecule has 0 saturated heterocycles. The minimum atomic E-state index is -0.602. The summed E-state index contributed by atoms with van der Waals surface area (Å²) in [6.45, 7) is 12.3. The van der Waals surface area contributed by atoms with Crippen LogP contribution in [0.25, 0.3) is 0 Å². The average Bonchev–Trinajstić information content (AvgIpc) is 3.01. The van der Waals surface area contributed by atoms with E-state index in [1.54, 1.807) is 6.92 Å². The molecule has 1 aromatic heterocycles. The van der Waals surface area contributed by atoms with Gasteiger partial charge in [-0.2, -0.15) is 8.75 Å². The third kappa shape index (κ3) is 20.2. The second-order valence-electron chi connectivity index (χ2n) is 6.95. The maximum absolute atomic E-state index is 12.0. The number of ketones is 1. The number of aromatic nitrogens is 2. The quantitative estimate of drug-likeness (QED) is 0.242. The molecule has 0 radical (unpaired) electrons. The van der Waals surface area contributed by atoms with E-state index in [0.29, 0.717) is 12.3 Å². The molecule has 1 aromatic rings. The topological polar surface area (TPSA) is 42.9 Å². The van der Waals surface area contributed by atoms with Gasteiger partial charge >= 0.3 is 69.7 Å². The van der Waals surface area contributed by atoms with Crippen molar-refractivity contribution in [3.05, 3.63) is 11.4 Å². The number of nitrogens with zero attached hydrogens (tertiary/aromatic N) is 2. The van der Waals surface area contributed by atoms with Crippen molar-refractivity contribution in [3.8, 4) is 0 Å². The van der Waals surface area contributed by atoms with Crippen molar-refractivity contribution in [2.45, 2.75) is 111 Å². The fourth-order valence-electron chi connectivity index (χ4n) is 2.54. The number of unbranched alkanes of at least 4 members (excludes halogenated alkanes) is 4. The van der Waals surface area contributed by atoms with E-state index in [2.05, 4.69) is 36.4 Å². The third-order valence-electron chi connectivity index (χ3n) is 4.06. The Morgan fingerprint density at radius 2 is 1.56 bits per heavy atom. The van der Waals surface area contributed by atoms with E-state index in [0.717, 1.165) is 28.4 Å². The van der Waals surface area contributed by atoms with Crippen molar-refractivity contribution in [2.75, 3.05) is 0 Å². The number of hydrogen-bond donors (Lipinski definition) is 0. The minimum Gasteiger partial charge on any atom is -0.0654 e. The van der Waals surface area contributed by atoms with Gasteiger partial charge in [-0.05, 0) is 13.8 Å². The second kappa shape index (κ2) is 22.0. The molecule has 0 spiro atoms. The molecule has 0 unspecified atom stereocenters. The molecule has 0 amide bonds. The van der Waals surface area contributed by atoms with Crippen LogP contribution >= 0.6 is 11.7 Å². The van der Waals surface area contributed by atoms with Gasteiger partial charge in [-0.25, -0.2) is 0 Å². The van der Waals surface area contributed by atoms with Gasteiger partial charge in [0.25, 0.3) is 0 Å². The summed E-state index contributed by atoms with van der Waals surface area (Å²) in [7, 11) is 0. The number of carbonyl (C=O) groups is 1. The number of aryl methyl sites for hydroxylation is 1. The van der Waals surface area contributed by atoms with Crippen LogP contribution in [0.15, 0.2) is 0 Å². The van der Waals surface area contributed by atoms with Crippen molar-refractivity contribution < 1.29 is 8.35 Å². The molecule has 0 N–H and O–H groups in total. The Kier molecular flexibility index (Phi) is 23.5. The van der Waals surface area contributed by atoms with E-state index in [9.17, 15) is 8.35 Å². The molecule has 0 aliphatic carbocycles. The monoisotopic (exact) mass is 468 g/mol. The molecule has 0 aromatic carbocycles. The van der Waals surface area contributed by atoms with E-state index >= 15 is 0 Å². The molecule has 0 atom stereocenters. The van der Waals surface area contributed by atoms with Crippen LogP contribution in [0.1, 0.15) is 104 Å². The summed E-state index contributed by atoms with van der Waals surface area (Å²) in [6.07, 6.45) is 12.3.